The van der Waals surface area contributed by atoms with Crippen LogP contribution in [0.1, 0.15) is 29.7 Å². The minimum Gasteiger partial charge on any atom is -0.463 e. The van der Waals surface area contributed by atoms with E-state index in [1.807, 2.05) is 6.07 Å². The highest BCUT2D eigenvalue weighted by Crippen LogP contribution is 2.30. The van der Waals surface area contributed by atoms with Crippen molar-refractivity contribution in [3.63, 3.8) is 0 Å². The molecule has 0 unspecified atom stereocenters. The van der Waals surface area contributed by atoms with Crippen molar-refractivity contribution in [2.24, 2.45) is 0 Å². The zero-order chi connectivity index (χ0) is 24.2. The first-order valence-corrected chi connectivity index (χ1v) is 12.0. The second-order valence-corrected chi connectivity index (χ2v) is 9.19. The molecule has 1 atom stereocenters. The summed E-state index contributed by atoms with van der Waals surface area (Å²) in [7, 11) is 0. The minimum atomic E-state index is -0.627. The molecule has 8 heteroatoms. The zero-order valence-electron chi connectivity index (χ0n) is 19.9. The van der Waals surface area contributed by atoms with E-state index >= 15 is 0 Å². The fourth-order valence-corrected chi connectivity index (χ4v) is 4.76. The van der Waals surface area contributed by atoms with Gasteiger partial charge in [-0.15, -0.1) is 0 Å². The molecule has 7 nitrogen and oxygen atoms in total. The molecule has 1 saturated heterocycles. The van der Waals surface area contributed by atoms with Gasteiger partial charge in [0.2, 0.25) is 0 Å². The van der Waals surface area contributed by atoms with Crippen LogP contribution in [-0.2, 0) is 9.53 Å². The van der Waals surface area contributed by atoms with Crippen molar-refractivity contribution in [2.75, 3.05) is 44.2 Å². The molecule has 1 fully saturated rings. The molecule has 0 aromatic heterocycles. The molecule has 0 spiro atoms. The van der Waals surface area contributed by atoms with Crippen LogP contribution >= 0.6 is 11.6 Å². The lowest BCUT2D eigenvalue weighted by atomic mass is 9.95. The van der Waals surface area contributed by atoms with Gasteiger partial charge in [-0.1, -0.05) is 35.9 Å². The molecule has 2 aromatic rings. The van der Waals surface area contributed by atoms with E-state index in [4.69, 9.17) is 16.3 Å². The smallest absolute Gasteiger partial charge is 0.338 e. The van der Waals surface area contributed by atoms with Gasteiger partial charge in [0.05, 0.1) is 18.2 Å². The topological polar surface area (TPSA) is 73.9 Å². The molecule has 2 N–H and O–H groups in total. The van der Waals surface area contributed by atoms with Crippen LogP contribution in [0.2, 0.25) is 5.02 Å². The number of urea groups is 1. The van der Waals surface area contributed by atoms with Crippen LogP contribution in [0.4, 0.5) is 10.5 Å². The van der Waals surface area contributed by atoms with Crippen LogP contribution in [0, 0.1) is 13.8 Å². The van der Waals surface area contributed by atoms with E-state index in [-0.39, 0.29) is 12.6 Å². The maximum absolute atomic E-state index is 13.0. The Labute approximate surface area is 205 Å². The zero-order valence-corrected chi connectivity index (χ0v) is 20.6. The van der Waals surface area contributed by atoms with Gasteiger partial charge >= 0.3 is 12.0 Å². The summed E-state index contributed by atoms with van der Waals surface area (Å²) in [6.07, 6.45) is 0. The summed E-state index contributed by atoms with van der Waals surface area (Å²) in [5, 5.41) is 6.27. The summed E-state index contributed by atoms with van der Waals surface area (Å²) in [5.74, 6) is -0.441. The van der Waals surface area contributed by atoms with Crippen LogP contribution in [0.3, 0.4) is 0 Å². The number of hydrogen-bond donors (Lipinski definition) is 2. The number of amides is 2. The van der Waals surface area contributed by atoms with E-state index in [9.17, 15) is 9.59 Å². The molecule has 2 aliphatic rings. The second kappa shape index (κ2) is 10.5. The molecule has 0 saturated carbocycles. The van der Waals surface area contributed by atoms with Crippen LogP contribution in [0.15, 0.2) is 53.7 Å². The molecule has 4 rings (SSSR count). The van der Waals surface area contributed by atoms with Gasteiger partial charge in [-0.3, -0.25) is 4.90 Å². The quantitative estimate of drug-likeness (QED) is 0.610. The number of halogens is 1. The lowest BCUT2D eigenvalue weighted by Gasteiger charge is -2.38. The molecule has 2 amide bonds. The number of anilines is 1. The third-order valence-electron chi connectivity index (χ3n) is 6.29. The summed E-state index contributed by atoms with van der Waals surface area (Å²) in [4.78, 5) is 30.2. The van der Waals surface area contributed by atoms with Crippen LogP contribution in [0.5, 0.6) is 0 Å². The highest BCUT2D eigenvalue weighted by Gasteiger charge is 2.34. The second-order valence-electron chi connectivity index (χ2n) is 8.75. The molecule has 2 heterocycles. The highest BCUT2D eigenvalue weighted by molar-refractivity contribution is 6.30. The minimum absolute atomic E-state index is 0.250. The van der Waals surface area contributed by atoms with E-state index < -0.39 is 12.0 Å². The van der Waals surface area contributed by atoms with E-state index in [0.29, 0.717) is 22.8 Å². The Morgan fingerprint density at radius 2 is 1.88 bits per heavy atom. The Bertz CT molecular complexity index is 1110. The average Bonchev–Trinajstić information content (AvgIpc) is 2.81. The van der Waals surface area contributed by atoms with Gasteiger partial charge in [-0.05, 0) is 55.7 Å². The maximum Gasteiger partial charge on any atom is 0.338 e. The van der Waals surface area contributed by atoms with Gasteiger partial charge < -0.3 is 20.3 Å². The fraction of sp³-hybridized carbons (Fsp3) is 0.385. The predicted molar refractivity (Wildman–Crippen MR) is 134 cm³/mol. The summed E-state index contributed by atoms with van der Waals surface area (Å²) in [6, 6.07) is 12.7. The number of aryl methyl sites for hydroxylation is 2. The predicted octanol–water partition coefficient (Wildman–Crippen LogP) is 3.95. The molecule has 2 aliphatic heterocycles. The van der Waals surface area contributed by atoms with Gasteiger partial charge in [0.1, 0.15) is 0 Å². The molecule has 0 aliphatic carbocycles. The number of nitrogens with zero attached hydrogens (tertiary/aromatic N) is 2. The number of nitrogens with one attached hydrogen (secondary N) is 2. The third-order valence-corrected chi connectivity index (χ3v) is 6.53. The Balaban J connectivity index is 1.56. The van der Waals surface area contributed by atoms with E-state index in [2.05, 4.69) is 52.5 Å². The van der Waals surface area contributed by atoms with Gasteiger partial charge in [0, 0.05) is 49.1 Å². The average molecular weight is 483 g/mol. The Kier molecular flexibility index (Phi) is 7.44. The molecule has 0 radical (unpaired) electrons. The Hall–Kier alpha value is -3.03. The fourth-order valence-electron chi connectivity index (χ4n) is 4.56. The van der Waals surface area contributed by atoms with Crippen molar-refractivity contribution >= 4 is 29.3 Å². The lowest BCUT2D eigenvalue weighted by Crippen LogP contribution is -2.52. The normalized spacial score (nSPS) is 19.0. The van der Waals surface area contributed by atoms with Gasteiger partial charge in [-0.25, -0.2) is 9.59 Å². The first-order valence-electron chi connectivity index (χ1n) is 11.6. The van der Waals surface area contributed by atoms with Crippen LogP contribution < -0.4 is 15.5 Å². The summed E-state index contributed by atoms with van der Waals surface area (Å²) in [5.41, 5.74) is 5.51. The first kappa shape index (κ1) is 24.1. The molecule has 180 valence electrons. The number of carbonyl (C=O) groups excluding carboxylic acids is 2. The number of hydrogen-bond acceptors (Lipinski definition) is 5. The number of esters is 1. The van der Waals surface area contributed by atoms with Gasteiger partial charge in [0.15, 0.2) is 0 Å². The molecule has 34 heavy (non-hydrogen) atoms. The van der Waals surface area contributed by atoms with Crippen molar-refractivity contribution in [1.82, 2.24) is 15.5 Å². The lowest BCUT2D eigenvalue weighted by molar-refractivity contribution is -0.139. The molecule has 0 bridgehead atoms. The van der Waals surface area contributed by atoms with Gasteiger partial charge in [0.25, 0.3) is 0 Å². The van der Waals surface area contributed by atoms with E-state index in [0.717, 1.165) is 31.7 Å². The number of benzene rings is 2. The van der Waals surface area contributed by atoms with Crippen molar-refractivity contribution < 1.29 is 14.3 Å². The Morgan fingerprint density at radius 3 is 2.59 bits per heavy atom. The van der Waals surface area contributed by atoms with E-state index in [1.165, 1.54) is 16.8 Å². The number of carbonyl (C=O) groups is 2. The number of piperazine rings is 1. The highest BCUT2D eigenvalue weighted by atomic mass is 35.5. The largest absolute Gasteiger partial charge is 0.463 e. The third kappa shape index (κ3) is 5.37. The van der Waals surface area contributed by atoms with Crippen molar-refractivity contribution in [3.05, 3.63) is 75.4 Å². The van der Waals surface area contributed by atoms with E-state index in [1.54, 1.807) is 25.1 Å². The van der Waals surface area contributed by atoms with Gasteiger partial charge in [-0.2, -0.15) is 0 Å². The first-order chi connectivity index (χ1) is 16.4. The number of ether oxygens (including phenoxy) is 1. The standard InChI is InChI=1S/C26H31ClN4O3/c1-4-34-25(32)23-21(28-26(33)29-24(23)19-6-5-7-20(27)15-19)16-30-10-12-31(13-11-30)22-14-17(2)8-9-18(22)3/h5-9,14-15,24H,4,10-13,16H2,1-3H3,(H2,28,29,33)/t24-/m1/s1. The maximum atomic E-state index is 13.0. The summed E-state index contributed by atoms with van der Waals surface area (Å²) < 4.78 is 5.37. The summed E-state index contributed by atoms with van der Waals surface area (Å²) in [6.45, 7) is 10.1. The van der Waals surface area contributed by atoms with Crippen molar-refractivity contribution in [3.8, 4) is 0 Å². The van der Waals surface area contributed by atoms with Crippen LogP contribution in [-0.4, -0.2) is 56.2 Å². The molecular weight excluding hydrogens is 452 g/mol. The SMILES string of the molecule is CCOC(=O)C1=C(CN2CCN(c3cc(C)ccc3C)CC2)NC(=O)N[C@@H]1c1cccc(Cl)c1. The number of rotatable bonds is 6. The van der Waals surface area contributed by atoms with Crippen molar-refractivity contribution in [2.45, 2.75) is 26.8 Å². The summed E-state index contributed by atoms with van der Waals surface area (Å²) >= 11 is 6.19. The van der Waals surface area contributed by atoms with Crippen LogP contribution in [0.25, 0.3) is 0 Å². The Morgan fingerprint density at radius 1 is 1.12 bits per heavy atom. The van der Waals surface area contributed by atoms with Crippen molar-refractivity contribution in [1.29, 1.82) is 0 Å². The monoisotopic (exact) mass is 482 g/mol. The molecular formula is C26H31ClN4O3. The molecule has 2 aromatic carbocycles.